The predicted octanol–water partition coefficient (Wildman–Crippen LogP) is 1.72. The quantitative estimate of drug-likeness (QED) is 0.740. The molecule has 0 aromatic carbocycles. The number of piperazine rings is 1. The van der Waals surface area contributed by atoms with Gasteiger partial charge in [-0.25, -0.2) is 0 Å². The van der Waals surface area contributed by atoms with Gasteiger partial charge in [0, 0.05) is 30.8 Å². The average molecular weight is 228 g/mol. The van der Waals surface area contributed by atoms with Gasteiger partial charge in [-0.05, 0) is 19.8 Å². The van der Waals surface area contributed by atoms with Gasteiger partial charge in [0.1, 0.15) is 0 Å². The molecular weight excluding hydrogens is 200 g/mol. The Labute approximate surface area is 97.0 Å². The molecule has 0 aliphatic carbocycles. The average Bonchev–Trinajstić information content (AvgIpc) is 2.17. The Hall–Kier alpha value is 0.137. The molecule has 0 aromatic rings. The SMILES string of the molecule is CC(C)C(C)(C)N1CCNCC1[SiH](C)C. The first-order valence-electron chi connectivity index (χ1n) is 6.34. The Kier molecular flexibility index (Phi) is 4.38. The summed E-state index contributed by atoms with van der Waals surface area (Å²) >= 11 is 0. The smallest absolute Gasteiger partial charge is 0.0525 e. The topological polar surface area (TPSA) is 15.3 Å². The van der Waals surface area contributed by atoms with Crippen LogP contribution in [0.1, 0.15) is 27.7 Å². The monoisotopic (exact) mass is 228 g/mol. The van der Waals surface area contributed by atoms with Crippen LogP contribution < -0.4 is 5.32 Å². The third-order valence-corrected chi connectivity index (χ3v) is 6.34. The summed E-state index contributed by atoms with van der Waals surface area (Å²) in [6.45, 7) is 18.1. The van der Waals surface area contributed by atoms with Crippen LogP contribution in [0.5, 0.6) is 0 Å². The van der Waals surface area contributed by atoms with Gasteiger partial charge >= 0.3 is 0 Å². The van der Waals surface area contributed by atoms with Crippen LogP contribution in [0.25, 0.3) is 0 Å². The van der Waals surface area contributed by atoms with Crippen LogP contribution in [0.15, 0.2) is 0 Å². The molecule has 0 saturated carbocycles. The molecule has 1 atom stereocenters. The largest absolute Gasteiger partial charge is 0.314 e. The van der Waals surface area contributed by atoms with Crippen molar-refractivity contribution in [3.63, 3.8) is 0 Å². The number of hydrogen-bond donors (Lipinski definition) is 1. The summed E-state index contributed by atoms with van der Waals surface area (Å²) in [6.07, 6.45) is 0. The lowest BCUT2D eigenvalue weighted by Crippen LogP contribution is -2.64. The van der Waals surface area contributed by atoms with Crippen molar-refractivity contribution >= 4 is 8.80 Å². The first-order chi connectivity index (χ1) is 6.87. The molecule has 90 valence electrons. The Morgan fingerprint density at radius 2 is 1.93 bits per heavy atom. The van der Waals surface area contributed by atoms with Crippen LogP contribution >= 0.6 is 0 Å². The molecule has 1 rings (SSSR count). The minimum Gasteiger partial charge on any atom is -0.314 e. The molecule has 2 nitrogen and oxygen atoms in total. The highest BCUT2D eigenvalue weighted by atomic mass is 28.3. The molecule has 0 amide bonds. The third kappa shape index (κ3) is 2.83. The zero-order chi connectivity index (χ0) is 11.6. The Bertz CT molecular complexity index is 202. The van der Waals surface area contributed by atoms with Crippen molar-refractivity contribution in [2.24, 2.45) is 5.92 Å². The van der Waals surface area contributed by atoms with E-state index >= 15 is 0 Å². The van der Waals surface area contributed by atoms with Crippen molar-refractivity contribution in [1.29, 1.82) is 0 Å². The highest BCUT2D eigenvalue weighted by Crippen LogP contribution is 2.27. The fourth-order valence-electron chi connectivity index (χ4n) is 2.37. The third-order valence-electron chi connectivity index (χ3n) is 4.21. The lowest BCUT2D eigenvalue weighted by molar-refractivity contribution is 0.0457. The number of nitrogens with one attached hydrogen (secondary N) is 1. The summed E-state index contributed by atoms with van der Waals surface area (Å²) in [5.74, 6) is 0.728. The van der Waals surface area contributed by atoms with Crippen molar-refractivity contribution in [1.82, 2.24) is 10.2 Å². The minimum atomic E-state index is -0.587. The van der Waals surface area contributed by atoms with Gasteiger partial charge in [-0.2, -0.15) is 0 Å². The second-order valence-electron chi connectivity index (χ2n) is 6.02. The van der Waals surface area contributed by atoms with E-state index in [2.05, 4.69) is 51.0 Å². The molecule has 1 N–H and O–H groups in total. The minimum absolute atomic E-state index is 0.351. The Morgan fingerprint density at radius 3 is 2.40 bits per heavy atom. The lowest BCUT2D eigenvalue weighted by Gasteiger charge is -2.50. The first kappa shape index (κ1) is 13.2. The number of rotatable bonds is 3. The van der Waals surface area contributed by atoms with Gasteiger partial charge in [-0.3, -0.25) is 4.90 Å². The summed E-state index contributed by atoms with van der Waals surface area (Å²) in [5.41, 5.74) is 1.18. The van der Waals surface area contributed by atoms with Gasteiger partial charge in [-0.15, -0.1) is 0 Å². The zero-order valence-electron chi connectivity index (χ0n) is 11.3. The molecule has 1 aliphatic rings. The summed E-state index contributed by atoms with van der Waals surface area (Å²) in [4.78, 5) is 2.77. The molecule has 0 aromatic heterocycles. The second kappa shape index (κ2) is 4.98. The maximum atomic E-state index is 3.55. The Balaban J connectivity index is 2.80. The molecule has 15 heavy (non-hydrogen) atoms. The number of hydrogen-bond acceptors (Lipinski definition) is 2. The first-order valence-corrected chi connectivity index (χ1v) is 9.32. The van der Waals surface area contributed by atoms with Crippen molar-refractivity contribution in [2.45, 2.75) is 52.0 Å². The summed E-state index contributed by atoms with van der Waals surface area (Å²) in [5, 5.41) is 3.55. The molecule has 3 heteroatoms. The van der Waals surface area contributed by atoms with Gasteiger partial charge in [-0.1, -0.05) is 26.9 Å². The van der Waals surface area contributed by atoms with Crippen molar-refractivity contribution in [2.75, 3.05) is 19.6 Å². The van der Waals surface area contributed by atoms with Gasteiger partial charge in [0.05, 0.1) is 8.80 Å². The molecule has 1 saturated heterocycles. The van der Waals surface area contributed by atoms with E-state index in [1.807, 2.05) is 0 Å². The molecular formula is C12H28N2Si. The van der Waals surface area contributed by atoms with Gasteiger partial charge in [0.2, 0.25) is 0 Å². The van der Waals surface area contributed by atoms with E-state index in [9.17, 15) is 0 Å². The van der Waals surface area contributed by atoms with E-state index in [1.54, 1.807) is 0 Å². The van der Waals surface area contributed by atoms with E-state index < -0.39 is 8.80 Å². The number of nitrogens with zero attached hydrogens (tertiary/aromatic N) is 1. The van der Waals surface area contributed by atoms with Crippen LogP contribution in [0.4, 0.5) is 0 Å². The summed E-state index contributed by atoms with van der Waals surface area (Å²) in [7, 11) is -0.587. The van der Waals surface area contributed by atoms with E-state index in [4.69, 9.17) is 0 Å². The summed E-state index contributed by atoms with van der Waals surface area (Å²) in [6, 6.07) is 0. The van der Waals surface area contributed by atoms with E-state index in [-0.39, 0.29) is 0 Å². The lowest BCUT2D eigenvalue weighted by atomic mass is 9.88. The van der Waals surface area contributed by atoms with E-state index in [0.717, 1.165) is 18.1 Å². The molecule has 1 aliphatic heterocycles. The maximum absolute atomic E-state index is 3.55. The standard InChI is InChI=1S/C12H28N2Si/c1-10(2)12(3,4)14-8-7-13-9-11(14)15(5)6/h10-11,13,15H,7-9H2,1-6H3. The fraction of sp³-hybridized carbons (Fsp3) is 1.00. The molecule has 1 unspecified atom stereocenters. The van der Waals surface area contributed by atoms with Crippen molar-refractivity contribution in [3.8, 4) is 0 Å². The fourth-order valence-corrected chi connectivity index (χ4v) is 4.26. The highest BCUT2D eigenvalue weighted by Gasteiger charge is 2.37. The van der Waals surface area contributed by atoms with E-state index in [0.29, 0.717) is 5.54 Å². The van der Waals surface area contributed by atoms with E-state index in [1.165, 1.54) is 13.1 Å². The predicted molar refractivity (Wildman–Crippen MR) is 71.2 cm³/mol. The van der Waals surface area contributed by atoms with Gasteiger partial charge < -0.3 is 5.32 Å². The molecule has 0 spiro atoms. The van der Waals surface area contributed by atoms with Crippen LogP contribution in [-0.4, -0.2) is 44.5 Å². The normalized spacial score (nSPS) is 25.2. The van der Waals surface area contributed by atoms with Crippen molar-refractivity contribution < 1.29 is 0 Å². The van der Waals surface area contributed by atoms with Crippen molar-refractivity contribution in [3.05, 3.63) is 0 Å². The molecule has 1 fully saturated rings. The van der Waals surface area contributed by atoms with Gasteiger partial charge in [0.15, 0.2) is 0 Å². The van der Waals surface area contributed by atoms with Crippen LogP contribution in [0.3, 0.4) is 0 Å². The molecule has 0 radical (unpaired) electrons. The van der Waals surface area contributed by atoms with Crippen LogP contribution in [-0.2, 0) is 0 Å². The summed E-state index contributed by atoms with van der Waals surface area (Å²) < 4.78 is 0. The Morgan fingerprint density at radius 1 is 1.33 bits per heavy atom. The maximum Gasteiger partial charge on any atom is 0.0525 e. The van der Waals surface area contributed by atoms with Gasteiger partial charge in [0.25, 0.3) is 0 Å². The molecule has 1 heterocycles. The zero-order valence-corrected chi connectivity index (χ0v) is 12.5. The van der Waals surface area contributed by atoms with Crippen LogP contribution in [0, 0.1) is 5.92 Å². The highest BCUT2D eigenvalue weighted by molar-refractivity contribution is 6.57. The molecule has 0 bridgehead atoms. The second-order valence-corrected chi connectivity index (χ2v) is 9.27. The van der Waals surface area contributed by atoms with Crippen LogP contribution in [0.2, 0.25) is 13.1 Å².